The quantitative estimate of drug-likeness (QED) is 0.162. The maximum Gasteiger partial charge on any atom is 0.235 e. The Labute approximate surface area is 340 Å². The van der Waals surface area contributed by atoms with Crippen molar-refractivity contribution < 1.29 is 0 Å². The summed E-state index contributed by atoms with van der Waals surface area (Å²) in [7, 11) is 0. The van der Waals surface area contributed by atoms with E-state index in [2.05, 4.69) is 166 Å². The standard InChI is InChI=1S/C52H35N7/c1-34-12-2-5-17-47(34)58-49-19-7-4-16-44(49)55-51(58)39-28-29-41-40-13-3-6-18-48(40)59(50(41)32-39)52-56-45(37-24-20-35(21-25-37)42-14-8-10-30-53-42)33-46(57-52)38-26-22-36(23-27-38)43-15-9-11-31-54-43/h2-33H,1H3. The zero-order valence-corrected chi connectivity index (χ0v) is 32.1. The predicted molar refractivity (Wildman–Crippen MR) is 239 cm³/mol. The number of pyridine rings is 2. The fraction of sp³-hybridized carbons (Fsp3) is 0.0192. The van der Waals surface area contributed by atoms with Crippen LogP contribution in [0.2, 0.25) is 0 Å². The van der Waals surface area contributed by atoms with E-state index in [0.29, 0.717) is 5.95 Å². The highest BCUT2D eigenvalue weighted by atomic mass is 15.2. The van der Waals surface area contributed by atoms with Gasteiger partial charge in [-0.1, -0.05) is 121 Å². The SMILES string of the molecule is Cc1ccccc1-n1c(-c2ccc3c4ccccc4n(-c4nc(-c5ccc(-c6ccccn6)cc5)cc(-c5ccc(-c6ccccn6)cc5)n4)c3c2)nc2ccccc21. The molecule has 0 saturated carbocycles. The number of aromatic nitrogens is 7. The molecule has 7 heteroatoms. The first kappa shape index (κ1) is 34.2. The van der Waals surface area contributed by atoms with Gasteiger partial charge in [0.25, 0.3) is 0 Å². The lowest BCUT2D eigenvalue weighted by molar-refractivity contribution is 0.995. The van der Waals surface area contributed by atoms with E-state index in [0.717, 1.165) is 94.9 Å². The monoisotopic (exact) mass is 757 g/mol. The van der Waals surface area contributed by atoms with Gasteiger partial charge in [-0.15, -0.1) is 0 Å². The number of hydrogen-bond donors (Lipinski definition) is 0. The smallest absolute Gasteiger partial charge is 0.235 e. The molecule has 0 aliphatic rings. The van der Waals surface area contributed by atoms with Crippen LogP contribution in [0.15, 0.2) is 194 Å². The molecule has 0 radical (unpaired) electrons. The fourth-order valence-corrected chi connectivity index (χ4v) is 8.12. The van der Waals surface area contributed by atoms with Crippen LogP contribution in [0.4, 0.5) is 0 Å². The molecule has 7 nitrogen and oxygen atoms in total. The largest absolute Gasteiger partial charge is 0.292 e. The molecule has 59 heavy (non-hydrogen) atoms. The van der Waals surface area contributed by atoms with Gasteiger partial charge in [0.05, 0.1) is 50.5 Å². The summed E-state index contributed by atoms with van der Waals surface area (Å²) in [6.45, 7) is 2.15. The summed E-state index contributed by atoms with van der Waals surface area (Å²) in [6, 6.07) is 62.8. The van der Waals surface area contributed by atoms with Crippen molar-refractivity contribution in [2.45, 2.75) is 6.92 Å². The molecule has 0 unspecified atom stereocenters. The second kappa shape index (κ2) is 14.2. The van der Waals surface area contributed by atoms with Crippen molar-refractivity contribution in [1.29, 1.82) is 0 Å². The molecule has 0 saturated heterocycles. The van der Waals surface area contributed by atoms with E-state index in [1.54, 1.807) is 0 Å². The van der Waals surface area contributed by atoms with Gasteiger partial charge in [-0.3, -0.25) is 19.1 Å². The molecule has 0 fully saturated rings. The highest BCUT2D eigenvalue weighted by molar-refractivity contribution is 6.10. The third-order valence-corrected chi connectivity index (χ3v) is 11.0. The van der Waals surface area contributed by atoms with Crippen LogP contribution < -0.4 is 0 Å². The average Bonchev–Trinajstić information content (AvgIpc) is 3.86. The lowest BCUT2D eigenvalue weighted by Crippen LogP contribution is -2.04. The molecule has 0 aliphatic carbocycles. The van der Waals surface area contributed by atoms with E-state index in [4.69, 9.17) is 15.0 Å². The Bertz CT molecular complexity index is 3210. The average molecular weight is 758 g/mol. The number of para-hydroxylation sites is 4. The Morgan fingerprint density at radius 3 is 1.53 bits per heavy atom. The molecular formula is C52H35N7. The zero-order valence-electron chi connectivity index (χ0n) is 32.1. The molecule has 6 aromatic carbocycles. The number of benzene rings is 6. The zero-order chi connectivity index (χ0) is 39.3. The molecule has 0 bridgehead atoms. The Hall–Kier alpha value is -8.03. The van der Waals surface area contributed by atoms with Crippen LogP contribution in [0.1, 0.15) is 5.56 Å². The highest BCUT2D eigenvalue weighted by Crippen LogP contribution is 2.37. The molecule has 0 N–H and O–H groups in total. The molecule has 5 aromatic heterocycles. The molecule has 5 heterocycles. The third kappa shape index (κ3) is 6.04. The Balaban J connectivity index is 1.13. The normalized spacial score (nSPS) is 11.5. The fourth-order valence-electron chi connectivity index (χ4n) is 8.12. The Kier molecular flexibility index (Phi) is 8.22. The van der Waals surface area contributed by atoms with E-state index >= 15 is 0 Å². The van der Waals surface area contributed by atoms with Crippen molar-refractivity contribution in [3.63, 3.8) is 0 Å². The number of nitrogens with zero attached hydrogens (tertiary/aromatic N) is 7. The lowest BCUT2D eigenvalue weighted by Gasteiger charge is -2.14. The van der Waals surface area contributed by atoms with Gasteiger partial charge < -0.3 is 0 Å². The van der Waals surface area contributed by atoms with Crippen LogP contribution in [-0.4, -0.2) is 34.1 Å². The molecule has 11 aromatic rings. The van der Waals surface area contributed by atoms with Crippen molar-refractivity contribution in [3.8, 4) is 68.1 Å². The van der Waals surface area contributed by atoms with Crippen molar-refractivity contribution in [2.24, 2.45) is 0 Å². The summed E-state index contributed by atoms with van der Waals surface area (Å²) < 4.78 is 4.48. The van der Waals surface area contributed by atoms with Crippen LogP contribution in [0.5, 0.6) is 0 Å². The summed E-state index contributed by atoms with van der Waals surface area (Å²) in [5.74, 6) is 1.45. The van der Waals surface area contributed by atoms with Crippen LogP contribution in [-0.2, 0) is 0 Å². The van der Waals surface area contributed by atoms with Gasteiger partial charge in [-0.2, -0.15) is 0 Å². The van der Waals surface area contributed by atoms with E-state index in [1.165, 1.54) is 5.56 Å². The summed E-state index contributed by atoms with van der Waals surface area (Å²) in [6.07, 6.45) is 3.64. The third-order valence-electron chi connectivity index (χ3n) is 11.0. The van der Waals surface area contributed by atoms with Gasteiger partial charge in [0, 0.05) is 51.0 Å². The molecule has 0 spiro atoms. The van der Waals surface area contributed by atoms with Crippen LogP contribution in [0.3, 0.4) is 0 Å². The number of hydrogen-bond acceptors (Lipinski definition) is 5. The molecule has 0 amide bonds. The molecular weight excluding hydrogens is 723 g/mol. The second-order valence-corrected chi connectivity index (χ2v) is 14.7. The molecule has 0 aliphatic heterocycles. The van der Waals surface area contributed by atoms with Gasteiger partial charge in [0.1, 0.15) is 5.82 Å². The summed E-state index contributed by atoms with van der Waals surface area (Å²) in [5.41, 5.74) is 14.8. The van der Waals surface area contributed by atoms with Crippen molar-refractivity contribution >= 4 is 32.8 Å². The summed E-state index contributed by atoms with van der Waals surface area (Å²) in [5, 5.41) is 2.23. The first-order chi connectivity index (χ1) is 29.2. The van der Waals surface area contributed by atoms with Gasteiger partial charge in [-0.25, -0.2) is 15.0 Å². The maximum atomic E-state index is 5.36. The van der Waals surface area contributed by atoms with Crippen molar-refractivity contribution in [1.82, 2.24) is 34.1 Å². The number of imidazole rings is 1. The van der Waals surface area contributed by atoms with Gasteiger partial charge >= 0.3 is 0 Å². The topological polar surface area (TPSA) is 74.3 Å². The van der Waals surface area contributed by atoms with Crippen LogP contribution in [0.25, 0.3) is 101 Å². The minimum Gasteiger partial charge on any atom is -0.292 e. The van der Waals surface area contributed by atoms with Gasteiger partial charge in [-0.05, 0) is 73.2 Å². The number of aryl methyl sites for hydroxylation is 1. The molecule has 0 atom stereocenters. The van der Waals surface area contributed by atoms with E-state index in [9.17, 15) is 0 Å². The van der Waals surface area contributed by atoms with Crippen LogP contribution >= 0.6 is 0 Å². The first-order valence-corrected chi connectivity index (χ1v) is 19.7. The Morgan fingerprint density at radius 2 is 0.898 bits per heavy atom. The predicted octanol–water partition coefficient (Wildman–Crippen LogP) is 12.3. The lowest BCUT2D eigenvalue weighted by atomic mass is 10.0. The summed E-state index contributed by atoms with van der Waals surface area (Å²) >= 11 is 0. The van der Waals surface area contributed by atoms with Crippen molar-refractivity contribution in [2.75, 3.05) is 0 Å². The minimum atomic E-state index is 0.580. The first-order valence-electron chi connectivity index (χ1n) is 19.7. The molecule has 11 rings (SSSR count). The molecule has 278 valence electrons. The van der Waals surface area contributed by atoms with Gasteiger partial charge in [0.2, 0.25) is 5.95 Å². The van der Waals surface area contributed by atoms with Gasteiger partial charge in [0.15, 0.2) is 0 Å². The maximum absolute atomic E-state index is 5.36. The second-order valence-electron chi connectivity index (χ2n) is 14.7. The minimum absolute atomic E-state index is 0.580. The Morgan fingerprint density at radius 1 is 0.373 bits per heavy atom. The van der Waals surface area contributed by atoms with E-state index < -0.39 is 0 Å². The number of rotatable bonds is 7. The van der Waals surface area contributed by atoms with E-state index in [-0.39, 0.29) is 0 Å². The summed E-state index contributed by atoms with van der Waals surface area (Å²) in [4.78, 5) is 25.1. The van der Waals surface area contributed by atoms with E-state index in [1.807, 2.05) is 54.9 Å². The highest BCUT2D eigenvalue weighted by Gasteiger charge is 2.21. The van der Waals surface area contributed by atoms with Crippen molar-refractivity contribution in [3.05, 3.63) is 200 Å². The number of fused-ring (bicyclic) bond motifs is 4. The van der Waals surface area contributed by atoms with Crippen LogP contribution in [0, 0.1) is 6.92 Å².